The minimum Gasteiger partial charge on any atom is -0.315 e. The van der Waals surface area contributed by atoms with E-state index in [1.807, 2.05) is 6.92 Å². The molecular weight excluding hydrogens is 220 g/mol. The van der Waals surface area contributed by atoms with Gasteiger partial charge in [0.1, 0.15) is 0 Å². The van der Waals surface area contributed by atoms with Crippen LogP contribution in [0.15, 0.2) is 18.2 Å². The smallest absolute Gasteiger partial charge is 0.0438 e. The lowest BCUT2D eigenvalue weighted by molar-refractivity contribution is 0.249. The van der Waals surface area contributed by atoms with Crippen LogP contribution in [0.5, 0.6) is 0 Å². The average molecular weight is 239 g/mol. The second-order valence-corrected chi connectivity index (χ2v) is 5.05. The van der Waals surface area contributed by atoms with Crippen LogP contribution in [0.3, 0.4) is 0 Å². The molecule has 0 radical (unpaired) electrons. The highest BCUT2D eigenvalue weighted by atomic mass is 35.5. The van der Waals surface area contributed by atoms with Gasteiger partial charge in [0.05, 0.1) is 0 Å². The summed E-state index contributed by atoms with van der Waals surface area (Å²) in [5.41, 5.74) is 2.45. The largest absolute Gasteiger partial charge is 0.315 e. The zero-order valence-electron chi connectivity index (χ0n) is 9.96. The van der Waals surface area contributed by atoms with E-state index in [2.05, 4.69) is 35.5 Å². The van der Waals surface area contributed by atoms with Crippen molar-refractivity contribution in [2.24, 2.45) is 0 Å². The van der Waals surface area contributed by atoms with Crippen LogP contribution >= 0.6 is 11.6 Å². The molecule has 1 aliphatic heterocycles. The Kier molecular flexibility index (Phi) is 3.85. The van der Waals surface area contributed by atoms with Crippen molar-refractivity contribution in [1.29, 1.82) is 0 Å². The van der Waals surface area contributed by atoms with Crippen molar-refractivity contribution in [3.63, 3.8) is 0 Å². The molecule has 2 rings (SSSR count). The van der Waals surface area contributed by atoms with Gasteiger partial charge in [-0.3, -0.25) is 4.90 Å². The monoisotopic (exact) mass is 238 g/mol. The Hall–Kier alpha value is -0.570. The third kappa shape index (κ3) is 2.76. The van der Waals surface area contributed by atoms with E-state index in [1.54, 1.807) is 0 Å². The molecule has 0 bridgehead atoms. The van der Waals surface area contributed by atoms with Gasteiger partial charge in [-0.25, -0.2) is 0 Å². The Morgan fingerprint density at radius 2 is 2.31 bits per heavy atom. The van der Waals surface area contributed by atoms with Crippen molar-refractivity contribution >= 4 is 11.6 Å². The van der Waals surface area contributed by atoms with Crippen LogP contribution in [0.1, 0.15) is 17.5 Å². The maximum Gasteiger partial charge on any atom is 0.0438 e. The molecule has 0 aromatic heterocycles. The molecule has 1 fully saturated rings. The summed E-state index contributed by atoms with van der Waals surface area (Å²) >= 11 is 6.13. The standard InChI is InChI=1S/C13H19ClN2/c1-10-3-4-11(7-13(10)14)9-16(2)12-5-6-15-8-12/h3-4,7,12,15H,5-6,8-9H2,1-2H3. The van der Waals surface area contributed by atoms with Crippen molar-refractivity contribution in [1.82, 2.24) is 10.2 Å². The second kappa shape index (κ2) is 5.17. The van der Waals surface area contributed by atoms with E-state index < -0.39 is 0 Å². The number of nitrogens with zero attached hydrogens (tertiary/aromatic N) is 1. The molecule has 0 aliphatic carbocycles. The summed E-state index contributed by atoms with van der Waals surface area (Å²) < 4.78 is 0. The third-order valence-corrected chi connectivity index (χ3v) is 3.73. The third-order valence-electron chi connectivity index (χ3n) is 3.33. The number of rotatable bonds is 3. The van der Waals surface area contributed by atoms with Crippen LogP contribution in [0, 0.1) is 6.92 Å². The normalized spacial score (nSPS) is 20.6. The van der Waals surface area contributed by atoms with Gasteiger partial charge in [0.25, 0.3) is 0 Å². The first-order valence-corrected chi connectivity index (χ1v) is 6.20. The van der Waals surface area contributed by atoms with Crippen molar-refractivity contribution in [2.75, 3.05) is 20.1 Å². The van der Waals surface area contributed by atoms with Crippen LogP contribution in [0.4, 0.5) is 0 Å². The average Bonchev–Trinajstić information content (AvgIpc) is 2.77. The molecule has 1 aromatic carbocycles. The molecule has 1 aromatic rings. The number of benzene rings is 1. The molecule has 0 amide bonds. The minimum absolute atomic E-state index is 0.667. The van der Waals surface area contributed by atoms with Gasteiger partial charge in [-0.2, -0.15) is 0 Å². The quantitative estimate of drug-likeness (QED) is 0.870. The summed E-state index contributed by atoms with van der Waals surface area (Å²) in [5.74, 6) is 0. The van der Waals surface area contributed by atoms with E-state index in [-0.39, 0.29) is 0 Å². The Balaban J connectivity index is 1.99. The van der Waals surface area contributed by atoms with Crippen molar-refractivity contribution in [2.45, 2.75) is 25.9 Å². The first kappa shape index (κ1) is 11.9. The molecule has 1 N–H and O–H groups in total. The Bertz CT molecular complexity index is 359. The fourth-order valence-corrected chi connectivity index (χ4v) is 2.37. The van der Waals surface area contributed by atoms with Crippen LogP contribution in [-0.4, -0.2) is 31.1 Å². The molecular formula is C13H19ClN2. The van der Waals surface area contributed by atoms with Crippen LogP contribution in [-0.2, 0) is 6.54 Å². The molecule has 2 nitrogen and oxygen atoms in total. The van der Waals surface area contributed by atoms with Gasteiger partial charge in [-0.1, -0.05) is 23.7 Å². The molecule has 88 valence electrons. The minimum atomic E-state index is 0.667. The maximum absolute atomic E-state index is 6.13. The molecule has 1 saturated heterocycles. The van der Waals surface area contributed by atoms with E-state index in [4.69, 9.17) is 11.6 Å². The van der Waals surface area contributed by atoms with Gasteiger partial charge < -0.3 is 5.32 Å². The SMILES string of the molecule is Cc1ccc(CN(C)C2CCNC2)cc1Cl. The van der Waals surface area contributed by atoms with Gasteiger partial charge in [0.15, 0.2) is 0 Å². The summed E-state index contributed by atoms with van der Waals surface area (Å²) in [6, 6.07) is 7.01. The lowest BCUT2D eigenvalue weighted by Gasteiger charge is -2.23. The Morgan fingerprint density at radius 3 is 2.94 bits per heavy atom. The maximum atomic E-state index is 6.13. The van der Waals surface area contributed by atoms with Crippen molar-refractivity contribution in [3.05, 3.63) is 34.3 Å². The van der Waals surface area contributed by atoms with Crippen LogP contribution in [0.25, 0.3) is 0 Å². The molecule has 1 unspecified atom stereocenters. The number of nitrogens with one attached hydrogen (secondary N) is 1. The lowest BCUT2D eigenvalue weighted by atomic mass is 10.1. The number of halogens is 1. The highest BCUT2D eigenvalue weighted by molar-refractivity contribution is 6.31. The van der Waals surface area contributed by atoms with E-state index >= 15 is 0 Å². The summed E-state index contributed by atoms with van der Waals surface area (Å²) in [6.45, 7) is 5.27. The van der Waals surface area contributed by atoms with Crippen LogP contribution in [0.2, 0.25) is 5.02 Å². The highest BCUT2D eigenvalue weighted by Crippen LogP contribution is 2.18. The second-order valence-electron chi connectivity index (χ2n) is 4.65. The zero-order chi connectivity index (χ0) is 11.5. The fraction of sp³-hybridized carbons (Fsp3) is 0.538. The Labute approximate surface area is 103 Å². The van der Waals surface area contributed by atoms with Crippen molar-refractivity contribution in [3.8, 4) is 0 Å². The first-order chi connectivity index (χ1) is 7.66. The lowest BCUT2D eigenvalue weighted by Crippen LogP contribution is -2.32. The Morgan fingerprint density at radius 1 is 1.50 bits per heavy atom. The molecule has 1 heterocycles. The zero-order valence-corrected chi connectivity index (χ0v) is 10.7. The van der Waals surface area contributed by atoms with Gasteiger partial charge >= 0.3 is 0 Å². The number of likely N-dealkylation sites (N-methyl/N-ethyl adjacent to an activating group) is 1. The summed E-state index contributed by atoms with van der Waals surface area (Å²) in [5, 5.41) is 4.26. The van der Waals surface area contributed by atoms with Gasteiger partial charge in [0.2, 0.25) is 0 Å². The van der Waals surface area contributed by atoms with E-state index in [9.17, 15) is 0 Å². The fourth-order valence-electron chi connectivity index (χ4n) is 2.17. The van der Waals surface area contributed by atoms with E-state index in [1.165, 1.54) is 12.0 Å². The van der Waals surface area contributed by atoms with Crippen molar-refractivity contribution < 1.29 is 0 Å². The van der Waals surface area contributed by atoms with Gasteiger partial charge in [-0.05, 0) is 44.1 Å². The number of hydrogen-bond donors (Lipinski definition) is 1. The number of hydrogen-bond acceptors (Lipinski definition) is 2. The summed E-state index contributed by atoms with van der Waals surface area (Å²) in [6.07, 6.45) is 1.25. The molecule has 1 aliphatic rings. The van der Waals surface area contributed by atoms with Gasteiger partial charge in [-0.15, -0.1) is 0 Å². The highest BCUT2D eigenvalue weighted by Gasteiger charge is 2.18. The first-order valence-electron chi connectivity index (χ1n) is 5.83. The molecule has 3 heteroatoms. The van der Waals surface area contributed by atoms with Gasteiger partial charge in [0, 0.05) is 24.2 Å². The molecule has 0 spiro atoms. The molecule has 0 saturated carbocycles. The predicted molar refractivity (Wildman–Crippen MR) is 68.9 cm³/mol. The summed E-state index contributed by atoms with van der Waals surface area (Å²) in [4.78, 5) is 2.40. The predicted octanol–water partition coefficient (Wildman–Crippen LogP) is 2.44. The number of aryl methyl sites for hydroxylation is 1. The summed E-state index contributed by atoms with van der Waals surface area (Å²) in [7, 11) is 2.19. The van der Waals surface area contributed by atoms with E-state index in [0.717, 1.165) is 30.2 Å². The van der Waals surface area contributed by atoms with E-state index in [0.29, 0.717) is 6.04 Å². The molecule has 16 heavy (non-hydrogen) atoms. The van der Waals surface area contributed by atoms with Crippen LogP contribution < -0.4 is 5.32 Å². The molecule has 1 atom stereocenters. The topological polar surface area (TPSA) is 15.3 Å².